The van der Waals surface area contributed by atoms with E-state index in [-0.39, 0.29) is 12.5 Å². The molecular formula is C15H21N3O2. The third kappa shape index (κ3) is 3.17. The third-order valence-corrected chi connectivity index (χ3v) is 3.68. The van der Waals surface area contributed by atoms with Crippen molar-refractivity contribution in [2.24, 2.45) is 0 Å². The summed E-state index contributed by atoms with van der Waals surface area (Å²) in [7, 11) is 0. The van der Waals surface area contributed by atoms with E-state index in [2.05, 4.69) is 10.3 Å². The van der Waals surface area contributed by atoms with E-state index in [1.54, 1.807) is 6.33 Å². The predicted octanol–water partition coefficient (Wildman–Crippen LogP) is 1.70. The lowest BCUT2D eigenvalue weighted by molar-refractivity contribution is -0.123. The quantitative estimate of drug-likeness (QED) is 0.843. The Bertz CT molecular complexity index is 588. The largest absolute Gasteiger partial charge is 0.394 e. The highest BCUT2D eigenvalue weighted by Gasteiger charge is 2.22. The highest BCUT2D eigenvalue weighted by atomic mass is 16.3. The van der Waals surface area contributed by atoms with Gasteiger partial charge in [-0.05, 0) is 25.5 Å². The number of nitrogens with one attached hydrogen (secondary N) is 1. The fourth-order valence-corrected chi connectivity index (χ4v) is 2.05. The lowest BCUT2D eigenvalue weighted by atomic mass is 10.0. The summed E-state index contributed by atoms with van der Waals surface area (Å²) in [6.07, 6.45) is 2.82. The van der Waals surface area contributed by atoms with E-state index in [0.717, 1.165) is 11.0 Å². The molecule has 0 aliphatic carbocycles. The molecule has 1 amide bonds. The molecule has 1 aromatic carbocycles. The van der Waals surface area contributed by atoms with Crippen molar-refractivity contribution in [3.8, 4) is 0 Å². The van der Waals surface area contributed by atoms with Gasteiger partial charge in [-0.25, -0.2) is 4.98 Å². The predicted molar refractivity (Wildman–Crippen MR) is 78.3 cm³/mol. The van der Waals surface area contributed by atoms with Crippen molar-refractivity contribution in [2.75, 3.05) is 6.61 Å². The normalized spacial score (nSPS) is 14.2. The van der Waals surface area contributed by atoms with Gasteiger partial charge in [-0.2, -0.15) is 0 Å². The van der Waals surface area contributed by atoms with Crippen LogP contribution in [0.1, 0.15) is 26.7 Å². The molecule has 0 aliphatic rings. The summed E-state index contributed by atoms with van der Waals surface area (Å²) in [5.74, 6) is -0.0545. The molecule has 2 N–H and O–H groups in total. The Morgan fingerprint density at radius 1 is 1.45 bits per heavy atom. The van der Waals surface area contributed by atoms with Crippen molar-refractivity contribution >= 4 is 16.9 Å². The van der Waals surface area contributed by atoms with Crippen LogP contribution in [-0.4, -0.2) is 32.7 Å². The van der Waals surface area contributed by atoms with Crippen LogP contribution < -0.4 is 5.32 Å². The first-order chi connectivity index (χ1) is 9.58. The van der Waals surface area contributed by atoms with Crippen LogP contribution in [0.25, 0.3) is 11.0 Å². The van der Waals surface area contributed by atoms with Crippen LogP contribution in [0.3, 0.4) is 0 Å². The second kappa shape index (κ2) is 6.05. The number of rotatable bonds is 6. The Hall–Kier alpha value is -1.88. The first-order valence-corrected chi connectivity index (χ1v) is 6.90. The van der Waals surface area contributed by atoms with Gasteiger partial charge in [0.25, 0.3) is 0 Å². The monoisotopic (exact) mass is 275 g/mol. The van der Waals surface area contributed by atoms with Crippen LogP contribution in [0.15, 0.2) is 30.6 Å². The lowest BCUT2D eigenvalue weighted by Gasteiger charge is -2.27. The second-order valence-corrected chi connectivity index (χ2v) is 5.30. The number of benzene rings is 1. The number of nitrogens with zero attached hydrogens (tertiary/aromatic N) is 2. The molecule has 0 saturated carbocycles. The molecule has 2 aromatic rings. The molecule has 0 saturated heterocycles. The van der Waals surface area contributed by atoms with E-state index in [9.17, 15) is 9.90 Å². The average Bonchev–Trinajstić information content (AvgIpc) is 2.88. The van der Waals surface area contributed by atoms with Gasteiger partial charge in [0.1, 0.15) is 0 Å². The molecule has 0 fully saturated rings. The van der Waals surface area contributed by atoms with Gasteiger partial charge < -0.3 is 15.0 Å². The SMILES string of the molecule is CCC(C)(CO)NC(=O)CCn1cnc2ccccc21. The van der Waals surface area contributed by atoms with E-state index >= 15 is 0 Å². The topological polar surface area (TPSA) is 67.2 Å². The van der Waals surface area contributed by atoms with Crippen LogP contribution >= 0.6 is 0 Å². The van der Waals surface area contributed by atoms with E-state index in [1.165, 1.54) is 0 Å². The number of carbonyl (C=O) groups excluding carboxylic acids is 1. The number of hydrogen-bond donors (Lipinski definition) is 2. The van der Waals surface area contributed by atoms with Gasteiger partial charge >= 0.3 is 0 Å². The minimum absolute atomic E-state index is 0.0523. The Balaban J connectivity index is 1.97. The Labute approximate surface area is 118 Å². The molecule has 1 aromatic heterocycles. The number of imidazole rings is 1. The number of amides is 1. The molecule has 0 aliphatic heterocycles. The minimum atomic E-state index is -0.534. The molecule has 0 radical (unpaired) electrons. The first kappa shape index (κ1) is 14.5. The van der Waals surface area contributed by atoms with Gasteiger partial charge in [-0.1, -0.05) is 19.1 Å². The number of aliphatic hydroxyl groups is 1. The van der Waals surface area contributed by atoms with Crippen LogP contribution in [0.5, 0.6) is 0 Å². The standard InChI is InChI=1S/C15H21N3O2/c1-3-15(2,10-19)17-14(20)8-9-18-11-16-12-6-4-5-7-13(12)18/h4-7,11,19H,3,8-10H2,1-2H3,(H,17,20). The Morgan fingerprint density at radius 2 is 2.20 bits per heavy atom. The molecule has 5 nitrogen and oxygen atoms in total. The molecule has 5 heteroatoms. The van der Waals surface area contributed by atoms with Crippen molar-refractivity contribution in [1.29, 1.82) is 0 Å². The molecule has 1 atom stereocenters. The van der Waals surface area contributed by atoms with E-state index in [0.29, 0.717) is 19.4 Å². The van der Waals surface area contributed by atoms with Crippen molar-refractivity contribution < 1.29 is 9.90 Å². The number of aromatic nitrogens is 2. The number of para-hydroxylation sites is 2. The summed E-state index contributed by atoms with van der Waals surface area (Å²) in [6.45, 7) is 4.32. The molecule has 1 unspecified atom stereocenters. The Kier molecular flexibility index (Phi) is 4.39. The number of fused-ring (bicyclic) bond motifs is 1. The molecular weight excluding hydrogens is 254 g/mol. The summed E-state index contributed by atoms with van der Waals surface area (Å²) < 4.78 is 1.97. The molecule has 20 heavy (non-hydrogen) atoms. The van der Waals surface area contributed by atoms with Gasteiger partial charge in [0, 0.05) is 13.0 Å². The third-order valence-electron chi connectivity index (χ3n) is 3.68. The summed E-state index contributed by atoms with van der Waals surface area (Å²) in [4.78, 5) is 16.2. The lowest BCUT2D eigenvalue weighted by Crippen LogP contribution is -2.48. The highest BCUT2D eigenvalue weighted by molar-refractivity contribution is 5.78. The zero-order valence-electron chi connectivity index (χ0n) is 12.0. The summed E-state index contributed by atoms with van der Waals surface area (Å²) >= 11 is 0. The smallest absolute Gasteiger partial charge is 0.222 e. The van der Waals surface area contributed by atoms with Gasteiger partial charge in [0.15, 0.2) is 0 Å². The second-order valence-electron chi connectivity index (χ2n) is 5.30. The fraction of sp³-hybridized carbons (Fsp3) is 0.467. The average molecular weight is 275 g/mol. The summed E-state index contributed by atoms with van der Waals surface area (Å²) in [5, 5.41) is 12.2. The van der Waals surface area contributed by atoms with Gasteiger partial charge in [-0.15, -0.1) is 0 Å². The summed E-state index contributed by atoms with van der Waals surface area (Å²) in [5.41, 5.74) is 1.43. The van der Waals surface area contributed by atoms with Gasteiger partial charge in [0.05, 0.1) is 29.5 Å². The van der Waals surface area contributed by atoms with Crippen molar-refractivity contribution in [3.05, 3.63) is 30.6 Å². The van der Waals surface area contributed by atoms with E-state index < -0.39 is 5.54 Å². The zero-order valence-corrected chi connectivity index (χ0v) is 12.0. The van der Waals surface area contributed by atoms with Gasteiger partial charge in [-0.3, -0.25) is 4.79 Å². The van der Waals surface area contributed by atoms with Crippen LogP contribution in [0.4, 0.5) is 0 Å². The van der Waals surface area contributed by atoms with E-state index in [1.807, 2.05) is 42.7 Å². The van der Waals surface area contributed by atoms with Crippen LogP contribution in [0, 0.1) is 0 Å². The minimum Gasteiger partial charge on any atom is -0.394 e. The number of hydrogen-bond acceptors (Lipinski definition) is 3. The van der Waals surface area contributed by atoms with E-state index in [4.69, 9.17) is 0 Å². The molecule has 0 bridgehead atoms. The van der Waals surface area contributed by atoms with Crippen LogP contribution in [0.2, 0.25) is 0 Å². The zero-order chi connectivity index (χ0) is 14.6. The maximum absolute atomic E-state index is 12.0. The highest BCUT2D eigenvalue weighted by Crippen LogP contribution is 2.13. The number of aryl methyl sites for hydroxylation is 1. The molecule has 0 spiro atoms. The van der Waals surface area contributed by atoms with Gasteiger partial charge in [0.2, 0.25) is 5.91 Å². The molecule has 1 heterocycles. The van der Waals surface area contributed by atoms with Crippen LogP contribution in [-0.2, 0) is 11.3 Å². The maximum Gasteiger partial charge on any atom is 0.222 e. The first-order valence-electron chi connectivity index (χ1n) is 6.90. The number of aliphatic hydroxyl groups excluding tert-OH is 1. The number of carbonyl (C=O) groups is 1. The molecule has 2 rings (SSSR count). The fourth-order valence-electron chi connectivity index (χ4n) is 2.05. The van der Waals surface area contributed by atoms with Crippen molar-refractivity contribution in [2.45, 2.75) is 38.8 Å². The maximum atomic E-state index is 12.0. The van der Waals surface area contributed by atoms with Crippen molar-refractivity contribution in [3.63, 3.8) is 0 Å². The van der Waals surface area contributed by atoms with Crippen molar-refractivity contribution in [1.82, 2.24) is 14.9 Å². The summed E-state index contributed by atoms with van der Waals surface area (Å²) in [6, 6.07) is 7.84. The molecule has 108 valence electrons. The Morgan fingerprint density at radius 3 is 2.90 bits per heavy atom.